The molecule has 13 nitrogen and oxygen atoms in total. The number of para-hydroxylation sites is 1. The molecule has 13 heteroatoms. The summed E-state index contributed by atoms with van der Waals surface area (Å²) in [5.41, 5.74) is 12.9. The van der Waals surface area contributed by atoms with Crippen LogP contribution < -0.4 is 27.4 Å². The number of aromatic nitrogens is 1. The highest BCUT2D eigenvalue weighted by Gasteiger charge is 2.26. The molecule has 0 saturated heterocycles. The van der Waals surface area contributed by atoms with Crippen molar-refractivity contribution in [2.75, 3.05) is 6.54 Å². The van der Waals surface area contributed by atoms with Crippen LogP contribution in [0, 0.1) is 0 Å². The number of amides is 4. The van der Waals surface area contributed by atoms with E-state index in [0.717, 1.165) is 10.9 Å². The molecule has 1 aromatic heterocycles. The maximum absolute atomic E-state index is 12.9. The zero-order valence-corrected chi connectivity index (χ0v) is 20.8. The van der Waals surface area contributed by atoms with Crippen LogP contribution in [0.15, 0.2) is 54.7 Å². The number of carboxylic acid groups (broad SMARTS) is 1. The van der Waals surface area contributed by atoms with Crippen LogP contribution in [0.4, 0.5) is 0 Å². The number of hydrogen-bond donors (Lipinski definition) is 8. The van der Waals surface area contributed by atoms with E-state index < -0.39 is 60.7 Å². The zero-order valence-electron chi connectivity index (χ0n) is 20.8. The highest BCUT2D eigenvalue weighted by atomic mass is 16.4. The Balaban J connectivity index is 1.63. The van der Waals surface area contributed by atoms with Crippen molar-refractivity contribution in [1.29, 1.82) is 0 Å². The number of fused-ring (bicyclic) bond motifs is 1. The molecule has 4 amide bonds. The monoisotopic (exact) mass is 538 g/mol. The predicted octanol–water partition coefficient (Wildman–Crippen LogP) is -0.968. The van der Waals surface area contributed by atoms with Gasteiger partial charge in [0.1, 0.15) is 17.8 Å². The number of phenolic OH excluding ortho intramolecular Hbond substituents is 1. The Morgan fingerprint density at radius 1 is 0.897 bits per heavy atom. The first-order chi connectivity index (χ1) is 18.5. The maximum Gasteiger partial charge on any atom is 0.326 e. The first kappa shape index (κ1) is 28.7. The van der Waals surface area contributed by atoms with Gasteiger partial charge in [-0.3, -0.25) is 19.2 Å². The van der Waals surface area contributed by atoms with Crippen LogP contribution in [-0.4, -0.2) is 69.5 Å². The number of phenols is 1. The van der Waals surface area contributed by atoms with Crippen LogP contribution in [0.25, 0.3) is 10.9 Å². The predicted molar refractivity (Wildman–Crippen MR) is 140 cm³/mol. The van der Waals surface area contributed by atoms with Gasteiger partial charge in [0, 0.05) is 29.9 Å². The van der Waals surface area contributed by atoms with Crippen LogP contribution >= 0.6 is 0 Å². The summed E-state index contributed by atoms with van der Waals surface area (Å²) >= 11 is 0. The lowest BCUT2D eigenvalue weighted by Crippen LogP contribution is -2.54. The van der Waals surface area contributed by atoms with Crippen molar-refractivity contribution >= 4 is 40.5 Å². The fourth-order valence-corrected chi connectivity index (χ4v) is 3.92. The number of aliphatic carboxylic acids is 1. The Morgan fingerprint density at radius 3 is 2.26 bits per heavy atom. The van der Waals surface area contributed by atoms with E-state index in [1.165, 1.54) is 12.1 Å². The van der Waals surface area contributed by atoms with Gasteiger partial charge in [0.25, 0.3) is 0 Å². The molecule has 1 heterocycles. The second-order valence-corrected chi connectivity index (χ2v) is 8.95. The molecule has 0 aliphatic carbocycles. The summed E-state index contributed by atoms with van der Waals surface area (Å²) in [6, 6.07) is 9.47. The summed E-state index contributed by atoms with van der Waals surface area (Å²) in [5.74, 6) is -4.35. The van der Waals surface area contributed by atoms with E-state index in [9.17, 15) is 34.2 Å². The Hall–Kier alpha value is -4.91. The quantitative estimate of drug-likeness (QED) is 0.135. The van der Waals surface area contributed by atoms with E-state index in [-0.39, 0.29) is 18.6 Å². The number of benzene rings is 2. The molecule has 0 spiro atoms. The second kappa shape index (κ2) is 13.1. The summed E-state index contributed by atoms with van der Waals surface area (Å²) in [6.45, 7) is -0.564. The summed E-state index contributed by atoms with van der Waals surface area (Å²) < 4.78 is 0. The van der Waals surface area contributed by atoms with E-state index in [1.54, 1.807) is 18.3 Å². The average Bonchev–Trinajstić information content (AvgIpc) is 3.30. The smallest absolute Gasteiger partial charge is 0.326 e. The topological polar surface area (TPSA) is 230 Å². The van der Waals surface area contributed by atoms with Crippen LogP contribution in [-0.2, 0) is 36.8 Å². The molecule has 3 rings (SSSR count). The SMILES string of the molecule is NC(=O)CC(N)C(=O)NC(Cc1ccc(O)cc1)C(=O)NCC(=O)NC(Cc1c[nH]c2ccccc12)C(=O)O. The number of aromatic hydroxyl groups is 1. The minimum absolute atomic E-state index is 0.00422. The van der Waals surface area contributed by atoms with Gasteiger partial charge in [-0.2, -0.15) is 0 Å². The fraction of sp³-hybridized carbons (Fsp3) is 0.269. The van der Waals surface area contributed by atoms with Gasteiger partial charge in [-0.25, -0.2) is 4.79 Å². The van der Waals surface area contributed by atoms with Gasteiger partial charge in [0.15, 0.2) is 0 Å². The van der Waals surface area contributed by atoms with Crippen LogP contribution in [0.5, 0.6) is 5.75 Å². The van der Waals surface area contributed by atoms with E-state index in [1.807, 2.05) is 24.3 Å². The number of carbonyl (C=O) groups is 5. The van der Waals surface area contributed by atoms with Gasteiger partial charge in [-0.15, -0.1) is 0 Å². The number of primary amides is 1. The molecule has 3 atom stereocenters. The van der Waals surface area contributed by atoms with Gasteiger partial charge in [-0.1, -0.05) is 30.3 Å². The molecule has 0 radical (unpaired) electrons. The van der Waals surface area contributed by atoms with E-state index in [0.29, 0.717) is 11.1 Å². The van der Waals surface area contributed by atoms with E-state index in [2.05, 4.69) is 20.9 Å². The van der Waals surface area contributed by atoms with Crippen molar-refractivity contribution in [3.63, 3.8) is 0 Å². The summed E-state index contributed by atoms with van der Waals surface area (Å²) in [4.78, 5) is 63.8. The summed E-state index contributed by atoms with van der Waals surface area (Å²) in [6.07, 6.45) is 1.22. The summed E-state index contributed by atoms with van der Waals surface area (Å²) in [7, 11) is 0. The number of rotatable bonds is 13. The third-order valence-electron chi connectivity index (χ3n) is 5.92. The van der Waals surface area contributed by atoms with Crippen molar-refractivity contribution in [3.05, 3.63) is 65.9 Å². The molecule has 3 aromatic rings. The maximum atomic E-state index is 12.9. The van der Waals surface area contributed by atoms with E-state index >= 15 is 0 Å². The van der Waals surface area contributed by atoms with Gasteiger partial charge in [0.2, 0.25) is 23.6 Å². The molecule has 0 bridgehead atoms. The van der Waals surface area contributed by atoms with Gasteiger partial charge in [-0.05, 0) is 29.3 Å². The minimum Gasteiger partial charge on any atom is -0.508 e. The zero-order chi connectivity index (χ0) is 28.5. The second-order valence-electron chi connectivity index (χ2n) is 8.95. The Kier molecular flexibility index (Phi) is 9.59. The molecule has 3 unspecified atom stereocenters. The highest BCUT2D eigenvalue weighted by molar-refractivity contribution is 5.94. The third-order valence-corrected chi connectivity index (χ3v) is 5.92. The number of carboxylic acids is 1. The standard InChI is InChI=1S/C26H30N6O7/c27-18(11-22(28)34)24(36)32-20(9-14-5-7-16(33)8-6-14)25(37)30-13-23(35)31-21(26(38)39)10-15-12-29-19-4-2-1-3-17(15)19/h1-8,12,18,20-21,29,33H,9-11,13,27H2,(H2,28,34)(H,30,37)(H,31,35)(H,32,36)(H,38,39). The van der Waals surface area contributed by atoms with Crippen LogP contribution in [0.1, 0.15) is 17.5 Å². The Labute approximate surface area is 222 Å². The van der Waals surface area contributed by atoms with Gasteiger partial charge >= 0.3 is 5.97 Å². The van der Waals surface area contributed by atoms with Crippen molar-refractivity contribution in [2.24, 2.45) is 11.5 Å². The lowest BCUT2D eigenvalue weighted by atomic mass is 10.0. The van der Waals surface area contributed by atoms with Crippen molar-refractivity contribution in [2.45, 2.75) is 37.4 Å². The van der Waals surface area contributed by atoms with Crippen molar-refractivity contribution < 1.29 is 34.2 Å². The largest absolute Gasteiger partial charge is 0.508 e. The Morgan fingerprint density at radius 2 is 1.59 bits per heavy atom. The van der Waals surface area contributed by atoms with Crippen LogP contribution in [0.2, 0.25) is 0 Å². The van der Waals surface area contributed by atoms with Crippen LogP contribution in [0.3, 0.4) is 0 Å². The van der Waals surface area contributed by atoms with E-state index in [4.69, 9.17) is 11.5 Å². The number of hydrogen-bond acceptors (Lipinski definition) is 7. The molecule has 10 N–H and O–H groups in total. The number of nitrogens with two attached hydrogens (primary N) is 2. The number of aromatic amines is 1. The molecule has 206 valence electrons. The highest BCUT2D eigenvalue weighted by Crippen LogP contribution is 2.19. The molecule has 0 fully saturated rings. The minimum atomic E-state index is -1.29. The molecular weight excluding hydrogens is 508 g/mol. The first-order valence-electron chi connectivity index (χ1n) is 12.0. The fourth-order valence-electron chi connectivity index (χ4n) is 3.92. The Bertz CT molecular complexity index is 1350. The van der Waals surface area contributed by atoms with Gasteiger partial charge < -0.3 is 42.6 Å². The lowest BCUT2D eigenvalue weighted by Gasteiger charge is -2.21. The number of nitrogens with one attached hydrogen (secondary N) is 4. The molecule has 2 aromatic carbocycles. The van der Waals surface area contributed by atoms with Gasteiger partial charge in [0.05, 0.1) is 19.0 Å². The lowest BCUT2D eigenvalue weighted by molar-refractivity contribution is -0.141. The summed E-state index contributed by atoms with van der Waals surface area (Å²) in [5, 5.41) is 27.2. The molecule has 0 saturated carbocycles. The number of carbonyl (C=O) groups excluding carboxylic acids is 4. The first-order valence-corrected chi connectivity index (χ1v) is 12.0. The molecule has 39 heavy (non-hydrogen) atoms. The molecular formula is C26H30N6O7. The molecule has 0 aliphatic rings. The van der Waals surface area contributed by atoms with Crippen molar-refractivity contribution in [3.8, 4) is 5.75 Å². The van der Waals surface area contributed by atoms with Crippen molar-refractivity contribution in [1.82, 2.24) is 20.9 Å². The normalized spacial score (nSPS) is 13.2. The third kappa shape index (κ3) is 8.30. The average molecular weight is 539 g/mol. The number of H-pyrrole nitrogens is 1. The molecule has 0 aliphatic heterocycles.